The van der Waals surface area contributed by atoms with Gasteiger partial charge in [-0.25, -0.2) is 0 Å². The van der Waals surface area contributed by atoms with Crippen LogP contribution in [0.4, 0.5) is 0 Å². The number of fused-ring (bicyclic) bond motifs is 1. The summed E-state index contributed by atoms with van der Waals surface area (Å²) in [5.41, 5.74) is 1.68. The zero-order valence-corrected chi connectivity index (χ0v) is 15.8. The number of rotatable bonds is 3. The van der Waals surface area contributed by atoms with E-state index < -0.39 is 15.9 Å². The Bertz CT molecular complexity index is 1090. The lowest BCUT2D eigenvalue weighted by molar-refractivity contribution is -0.115. The summed E-state index contributed by atoms with van der Waals surface area (Å²) in [7, 11) is -3.90. The molecular weight excluding hydrogens is 388 g/mol. The van der Waals surface area contributed by atoms with E-state index in [1.807, 2.05) is 6.92 Å². The van der Waals surface area contributed by atoms with E-state index in [0.29, 0.717) is 16.4 Å². The normalized spacial score (nSPS) is 18.9. The molecule has 7 nitrogen and oxygen atoms in total. The Morgan fingerprint density at radius 1 is 1.11 bits per heavy atom. The Morgan fingerprint density at radius 2 is 1.85 bits per heavy atom. The summed E-state index contributed by atoms with van der Waals surface area (Å²) >= 11 is 0.971. The third-order valence-corrected chi connectivity index (χ3v) is 6.18. The number of ether oxygens (including phenoxy) is 2. The molecule has 27 heavy (non-hydrogen) atoms. The Labute approximate surface area is 160 Å². The summed E-state index contributed by atoms with van der Waals surface area (Å²) in [6, 6.07) is 11.6. The monoisotopic (exact) mass is 402 g/mol. The maximum atomic E-state index is 12.4. The molecule has 1 amide bonds. The van der Waals surface area contributed by atoms with Gasteiger partial charge in [0.25, 0.3) is 15.9 Å². The molecule has 2 aliphatic rings. The van der Waals surface area contributed by atoms with Crippen LogP contribution in [-0.2, 0) is 14.8 Å². The summed E-state index contributed by atoms with van der Waals surface area (Å²) in [4.78, 5) is 12.6. The fraction of sp³-hybridized carbons (Fsp3) is 0.111. The first-order valence-electron chi connectivity index (χ1n) is 7.93. The number of aryl methyl sites for hydroxylation is 1. The first-order valence-corrected chi connectivity index (χ1v) is 10.2. The van der Waals surface area contributed by atoms with Crippen LogP contribution in [0.1, 0.15) is 11.1 Å². The average molecular weight is 402 g/mol. The molecule has 2 aromatic rings. The number of benzene rings is 2. The molecule has 2 aromatic carbocycles. The lowest BCUT2D eigenvalue weighted by atomic mass is 10.2. The van der Waals surface area contributed by atoms with E-state index in [1.54, 1.807) is 36.4 Å². The van der Waals surface area contributed by atoms with Crippen LogP contribution in [0.5, 0.6) is 11.5 Å². The predicted octanol–water partition coefficient (Wildman–Crippen LogP) is 2.67. The highest BCUT2D eigenvalue weighted by Crippen LogP contribution is 2.34. The standard InChI is InChI=1S/C18H14N2O5S2/c1-11-2-5-13(6-3-11)27(22,23)20-18-19-17(21)16(26-18)9-12-4-7-14-15(8-12)25-10-24-14/h2-9H,10H2,1H3,(H,19,20,21)/b16-9+. The van der Waals surface area contributed by atoms with E-state index in [4.69, 9.17) is 9.47 Å². The Hall–Kier alpha value is -2.78. The summed E-state index contributed by atoms with van der Waals surface area (Å²) in [6.45, 7) is 2.03. The van der Waals surface area contributed by atoms with Crippen molar-refractivity contribution >= 4 is 38.9 Å². The number of hydrogen-bond acceptors (Lipinski definition) is 6. The highest BCUT2D eigenvalue weighted by atomic mass is 32.2. The van der Waals surface area contributed by atoms with Crippen LogP contribution in [0.3, 0.4) is 0 Å². The predicted molar refractivity (Wildman–Crippen MR) is 102 cm³/mol. The number of amides is 1. The molecule has 1 saturated heterocycles. The van der Waals surface area contributed by atoms with Gasteiger partial charge in [0.2, 0.25) is 6.79 Å². The second-order valence-corrected chi connectivity index (χ2v) is 8.50. The number of carbonyl (C=O) groups is 1. The fourth-order valence-electron chi connectivity index (χ4n) is 2.50. The molecular formula is C18H14N2O5S2. The average Bonchev–Trinajstić information content (AvgIpc) is 3.21. The third kappa shape index (κ3) is 3.69. The topological polar surface area (TPSA) is 94.1 Å². The minimum Gasteiger partial charge on any atom is -0.454 e. The van der Waals surface area contributed by atoms with Crippen molar-refractivity contribution in [3.63, 3.8) is 0 Å². The molecule has 2 heterocycles. The maximum Gasteiger partial charge on any atom is 0.284 e. The van der Waals surface area contributed by atoms with Crippen molar-refractivity contribution in [2.45, 2.75) is 11.8 Å². The van der Waals surface area contributed by atoms with Crippen molar-refractivity contribution in [2.24, 2.45) is 4.40 Å². The van der Waals surface area contributed by atoms with E-state index in [2.05, 4.69) is 9.71 Å². The second kappa shape index (κ2) is 6.75. The van der Waals surface area contributed by atoms with Gasteiger partial charge in [-0.2, -0.15) is 8.42 Å². The number of nitrogens with zero attached hydrogens (tertiary/aromatic N) is 1. The number of carbonyl (C=O) groups excluding carboxylic acids is 1. The minimum atomic E-state index is -3.90. The van der Waals surface area contributed by atoms with Crippen LogP contribution in [-0.4, -0.2) is 26.3 Å². The summed E-state index contributed by atoms with van der Waals surface area (Å²) in [5, 5.41) is 2.51. The van der Waals surface area contributed by atoms with Gasteiger partial charge in [0.05, 0.1) is 9.80 Å². The van der Waals surface area contributed by atoms with Crippen molar-refractivity contribution in [3.05, 3.63) is 58.5 Å². The van der Waals surface area contributed by atoms with Crippen molar-refractivity contribution in [1.82, 2.24) is 5.32 Å². The van der Waals surface area contributed by atoms with Crippen LogP contribution < -0.4 is 14.8 Å². The third-order valence-electron chi connectivity index (χ3n) is 3.87. The number of hydrogen-bond donors (Lipinski definition) is 1. The highest BCUT2D eigenvalue weighted by molar-refractivity contribution is 8.19. The van der Waals surface area contributed by atoms with Crippen molar-refractivity contribution in [1.29, 1.82) is 0 Å². The zero-order chi connectivity index (χ0) is 19.0. The summed E-state index contributed by atoms with van der Waals surface area (Å²) < 4.78 is 39.1. The molecule has 0 unspecified atom stereocenters. The van der Waals surface area contributed by atoms with Gasteiger partial charge in [-0.1, -0.05) is 23.8 Å². The molecule has 0 saturated carbocycles. The van der Waals surface area contributed by atoms with Crippen LogP contribution in [0, 0.1) is 6.92 Å². The Balaban J connectivity index is 1.58. The molecule has 138 valence electrons. The van der Waals surface area contributed by atoms with Gasteiger partial charge in [-0.05, 0) is 54.6 Å². The van der Waals surface area contributed by atoms with Gasteiger partial charge < -0.3 is 9.47 Å². The molecule has 0 radical (unpaired) electrons. The van der Waals surface area contributed by atoms with Gasteiger partial charge in [-0.3, -0.25) is 10.1 Å². The van der Waals surface area contributed by atoms with Gasteiger partial charge in [-0.15, -0.1) is 4.40 Å². The van der Waals surface area contributed by atoms with Crippen LogP contribution in [0.15, 0.2) is 56.7 Å². The van der Waals surface area contributed by atoms with Gasteiger partial charge in [0.1, 0.15) is 0 Å². The van der Waals surface area contributed by atoms with E-state index in [-0.39, 0.29) is 16.9 Å². The molecule has 4 rings (SSSR count). The van der Waals surface area contributed by atoms with E-state index in [0.717, 1.165) is 22.9 Å². The summed E-state index contributed by atoms with van der Waals surface area (Å²) in [6.07, 6.45) is 1.64. The van der Waals surface area contributed by atoms with E-state index in [9.17, 15) is 13.2 Å². The van der Waals surface area contributed by atoms with Crippen LogP contribution in [0.25, 0.3) is 6.08 Å². The maximum absolute atomic E-state index is 12.4. The largest absolute Gasteiger partial charge is 0.454 e. The highest BCUT2D eigenvalue weighted by Gasteiger charge is 2.26. The number of nitrogens with one attached hydrogen (secondary N) is 1. The Kier molecular flexibility index (Phi) is 4.40. The Morgan fingerprint density at radius 3 is 2.63 bits per heavy atom. The first-order chi connectivity index (χ1) is 12.9. The smallest absolute Gasteiger partial charge is 0.284 e. The SMILES string of the molecule is Cc1ccc(S(=O)(=O)N=C2NC(=O)/C(=C\c3ccc4c(c3)OCO4)S2)cc1. The molecule has 0 aliphatic carbocycles. The van der Waals surface area contributed by atoms with Crippen LogP contribution in [0.2, 0.25) is 0 Å². The lowest BCUT2D eigenvalue weighted by Crippen LogP contribution is -2.20. The molecule has 1 fully saturated rings. The van der Waals surface area contributed by atoms with E-state index >= 15 is 0 Å². The van der Waals surface area contributed by atoms with Gasteiger partial charge in [0, 0.05) is 0 Å². The molecule has 9 heteroatoms. The van der Waals surface area contributed by atoms with Crippen LogP contribution >= 0.6 is 11.8 Å². The first kappa shape index (κ1) is 17.6. The lowest BCUT2D eigenvalue weighted by Gasteiger charge is -2.00. The molecule has 0 aromatic heterocycles. The van der Waals surface area contributed by atoms with E-state index in [1.165, 1.54) is 12.1 Å². The van der Waals surface area contributed by atoms with Crippen molar-refractivity contribution in [2.75, 3.05) is 6.79 Å². The number of amidine groups is 1. The molecule has 0 atom stereocenters. The van der Waals surface area contributed by atoms with Crippen molar-refractivity contribution in [3.8, 4) is 11.5 Å². The number of sulfonamides is 1. The number of thioether (sulfide) groups is 1. The fourth-order valence-corrected chi connectivity index (χ4v) is 4.48. The molecule has 1 N–H and O–H groups in total. The summed E-state index contributed by atoms with van der Waals surface area (Å²) in [5.74, 6) is 0.839. The molecule has 0 spiro atoms. The quantitative estimate of drug-likeness (QED) is 0.794. The minimum absolute atomic E-state index is 0.0209. The second-order valence-electron chi connectivity index (χ2n) is 5.86. The van der Waals surface area contributed by atoms with Gasteiger partial charge in [0.15, 0.2) is 16.7 Å². The zero-order valence-electron chi connectivity index (χ0n) is 14.1. The molecule has 0 bridgehead atoms. The molecule has 2 aliphatic heterocycles. The van der Waals surface area contributed by atoms with Gasteiger partial charge >= 0.3 is 0 Å². The van der Waals surface area contributed by atoms with Crippen molar-refractivity contribution < 1.29 is 22.7 Å².